The van der Waals surface area contributed by atoms with Gasteiger partial charge in [-0.3, -0.25) is 4.57 Å². The summed E-state index contributed by atoms with van der Waals surface area (Å²) in [4.78, 5) is 0. The molecule has 3 saturated heterocycles. The molecule has 0 aromatic rings. The van der Waals surface area contributed by atoms with Gasteiger partial charge in [-0.2, -0.15) is 0 Å². The third kappa shape index (κ3) is 1.39. The fourth-order valence-corrected chi connectivity index (χ4v) is 7.78. The van der Waals surface area contributed by atoms with Crippen molar-refractivity contribution < 1.29 is 4.57 Å². The van der Waals surface area contributed by atoms with Gasteiger partial charge < -0.3 is 0 Å². The van der Waals surface area contributed by atoms with E-state index in [-0.39, 0.29) is 0 Å². The second kappa shape index (κ2) is 3.36. The number of hydrogen-bond acceptors (Lipinski definition) is 1. The molecule has 0 radical (unpaired) electrons. The lowest BCUT2D eigenvalue weighted by Gasteiger charge is -2.24. The second-order valence-electron chi connectivity index (χ2n) is 6.10. The summed E-state index contributed by atoms with van der Waals surface area (Å²) in [6, 6.07) is 2.84. The van der Waals surface area contributed by atoms with Crippen LogP contribution in [0, 0.1) is 0 Å². The van der Waals surface area contributed by atoms with Crippen LogP contribution in [0.4, 0.5) is 0 Å². The minimum Gasteiger partial charge on any atom is -0.270 e. The Morgan fingerprint density at radius 1 is 0.588 bits per heavy atom. The highest BCUT2D eigenvalue weighted by molar-refractivity contribution is 7.57. The van der Waals surface area contributed by atoms with Crippen molar-refractivity contribution in [1.82, 2.24) is 14.0 Å². The molecule has 0 aliphatic carbocycles. The van der Waals surface area contributed by atoms with Gasteiger partial charge in [-0.05, 0) is 41.5 Å². The quantitative estimate of drug-likeness (QED) is 0.573. The molecule has 0 saturated carbocycles. The van der Waals surface area contributed by atoms with Crippen LogP contribution in [0.1, 0.15) is 41.5 Å². The highest BCUT2D eigenvalue weighted by Crippen LogP contribution is 2.74. The van der Waals surface area contributed by atoms with Crippen molar-refractivity contribution in [2.75, 3.05) is 0 Å². The first kappa shape index (κ1) is 12.2. The molecule has 3 aliphatic heterocycles. The van der Waals surface area contributed by atoms with Gasteiger partial charge in [0, 0.05) is 36.3 Å². The zero-order valence-corrected chi connectivity index (χ0v) is 12.6. The molecule has 5 heteroatoms. The first-order valence-electron chi connectivity index (χ1n) is 6.80. The molecule has 98 valence electrons. The van der Waals surface area contributed by atoms with E-state index in [0.717, 1.165) is 0 Å². The molecule has 3 heterocycles. The maximum Gasteiger partial charge on any atom is 0.288 e. The largest absolute Gasteiger partial charge is 0.288 e. The summed E-state index contributed by atoms with van der Waals surface area (Å²) < 4.78 is 20.3. The van der Waals surface area contributed by atoms with Gasteiger partial charge in [-0.25, -0.2) is 14.0 Å². The van der Waals surface area contributed by atoms with Crippen LogP contribution in [0.2, 0.25) is 0 Å². The molecule has 6 unspecified atom stereocenters. The van der Waals surface area contributed by atoms with E-state index in [1.165, 1.54) is 0 Å². The van der Waals surface area contributed by atoms with Gasteiger partial charge >= 0.3 is 0 Å². The zero-order valence-electron chi connectivity index (χ0n) is 11.7. The first-order chi connectivity index (χ1) is 7.83. The predicted molar refractivity (Wildman–Crippen MR) is 69.9 cm³/mol. The van der Waals surface area contributed by atoms with Crippen molar-refractivity contribution in [3.8, 4) is 0 Å². The summed E-state index contributed by atoms with van der Waals surface area (Å²) in [7, 11) is -2.44. The van der Waals surface area contributed by atoms with Crippen LogP contribution in [0.15, 0.2) is 0 Å². The van der Waals surface area contributed by atoms with E-state index in [1.54, 1.807) is 0 Å². The van der Waals surface area contributed by atoms with Crippen LogP contribution in [0.25, 0.3) is 0 Å². The van der Waals surface area contributed by atoms with Crippen LogP contribution in [0.5, 0.6) is 0 Å². The Kier molecular flexibility index (Phi) is 2.40. The van der Waals surface area contributed by atoms with Gasteiger partial charge in [0.1, 0.15) is 0 Å². The van der Waals surface area contributed by atoms with Crippen LogP contribution in [-0.4, -0.2) is 50.3 Å². The SMILES string of the molecule is CC1C(C)N1P(=O)(N1C(C)C1C)N1C(C)C1C. The summed E-state index contributed by atoms with van der Waals surface area (Å²) >= 11 is 0. The summed E-state index contributed by atoms with van der Waals surface area (Å²) in [5.74, 6) is 0. The summed E-state index contributed by atoms with van der Waals surface area (Å²) in [6.45, 7) is 13.1. The Morgan fingerprint density at radius 2 is 0.765 bits per heavy atom. The van der Waals surface area contributed by atoms with Crippen molar-refractivity contribution in [2.45, 2.75) is 77.8 Å². The summed E-state index contributed by atoms with van der Waals surface area (Å²) in [5, 5.41) is 0. The third-order valence-corrected chi connectivity index (χ3v) is 9.22. The molecule has 0 bridgehead atoms. The molecule has 3 rings (SSSR count). The normalized spacial score (nSPS) is 64.0. The fourth-order valence-electron chi connectivity index (χ4n) is 3.23. The van der Waals surface area contributed by atoms with E-state index in [4.69, 9.17) is 0 Å². The third-order valence-electron chi connectivity index (χ3n) is 5.23. The molecule has 17 heavy (non-hydrogen) atoms. The fraction of sp³-hybridized carbons (Fsp3) is 1.00. The molecular weight excluding hydrogens is 233 g/mol. The van der Waals surface area contributed by atoms with Crippen LogP contribution in [0.3, 0.4) is 0 Å². The Balaban J connectivity index is 1.90. The highest BCUT2D eigenvalue weighted by atomic mass is 31.2. The summed E-state index contributed by atoms with van der Waals surface area (Å²) in [5.41, 5.74) is 0. The Bertz CT molecular complexity index is 320. The van der Waals surface area contributed by atoms with Crippen LogP contribution >= 0.6 is 7.59 Å². The predicted octanol–water partition coefficient (Wildman–Crippen LogP) is 2.37. The second-order valence-corrected chi connectivity index (χ2v) is 8.51. The van der Waals surface area contributed by atoms with E-state index in [0.29, 0.717) is 36.3 Å². The molecule has 0 aromatic carbocycles. The number of nitrogens with zero attached hydrogens (tertiary/aromatic N) is 3. The average Bonchev–Trinajstić information content (AvgIpc) is 3.14. The molecule has 0 spiro atoms. The number of hydrogen-bond donors (Lipinski definition) is 0. The van der Waals surface area contributed by atoms with Crippen LogP contribution < -0.4 is 0 Å². The smallest absolute Gasteiger partial charge is 0.270 e. The Hall–Kier alpha value is 0.110. The van der Waals surface area contributed by atoms with Gasteiger partial charge in [0.25, 0.3) is 7.59 Å². The molecule has 0 N–H and O–H groups in total. The maximum atomic E-state index is 13.5. The lowest BCUT2D eigenvalue weighted by molar-refractivity contribution is 0.446. The molecule has 4 nitrogen and oxygen atoms in total. The van der Waals surface area contributed by atoms with E-state index < -0.39 is 7.59 Å². The standard InChI is InChI=1S/C12H24N3OP/c1-7-8(2)13(7)17(16,14-9(3)10(14)4)15-11(5)12(15)6/h7-12H,1-6H3. The molecular formula is C12H24N3OP. The monoisotopic (exact) mass is 257 g/mol. The first-order valence-corrected chi connectivity index (χ1v) is 8.36. The summed E-state index contributed by atoms with van der Waals surface area (Å²) in [6.07, 6.45) is 0. The zero-order chi connectivity index (χ0) is 12.7. The van der Waals surface area contributed by atoms with Gasteiger partial charge in [-0.1, -0.05) is 0 Å². The average molecular weight is 257 g/mol. The van der Waals surface area contributed by atoms with Gasteiger partial charge in [-0.15, -0.1) is 0 Å². The van der Waals surface area contributed by atoms with Gasteiger partial charge in [0.2, 0.25) is 0 Å². The minimum absolute atomic E-state index is 0.473. The van der Waals surface area contributed by atoms with Crippen molar-refractivity contribution in [1.29, 1.82) is 0 Å². The Morgan fingerprint density at radius 3 is 0.882 bits per heavy atom. The number of rotatable bonds is 3. The molecule has 3 aliphatic rings. The van der Waals surface area contributed by atoms with Crippen molar-refractivity contribution in [2.24, 2.45) is 0 Å². The molecule has 3 fully saturated rings. The van der Waals surface area contributed by atoms with Crippen molar-refractivity contribution in [3.63, 3.8) is 0 Å². The molecule has 6 atom stereocenters. The van der Waals surface area contributed by atoms with Crippen molar-refractivity contribution in [3.05, 3.63) is 0 Å². The molecule has 0 aromatic heterocycles. The van der Waals surface area contributed by atoms with Gasteiger partial charge in [0.05, 0.1) is 0 Å². The highest BCUT2D eigenvalue weighted by Gasteiger charge is 2.69. The van der Waals surface area contributed by atoms with E-state index in [2.05, 4.69) is 55.6 Å². The maximum absolute atomic E-state index is 13.5. The Labute approximate surface area is 104 Å². The van der Waals surface area contributed by atoms with Crippen LogP contribution in [-0.2, 0) is 4.57 Å². The lowest BCUT2D eigenvalue weighted by atomic mass is 10.4. The topological polar surface area (TPSA) is 26.1 Å². The van der Waals surface area contributed by atoms with Crippen molar-refractivity contribution >= 4 is 7.59 Å². The van der Waals surface area contributed by atoms with E-state index in [9.17, 15) is 4.57 Å². The van der Waals surface area contributed by atoms with E-state index >= 15 is 0 Å². The van der Waals surface area contributed by atoms with Gasteiger partial charge in [0.15, 0.2) is 0 Å². The lowest BCUT2D eigenvalue weighted by Crippen LogP contribution is -2.18. The molecule has 0 amide bonds. The minimum atomic E-state index is -2.44. The van der Waals surface area contributed by atoms with E-state index in [1.807, 2.05) is 0 Å².